The highest BCUT2D eigenvalue weighted by molar-refractivity contribution is 9.10. The minimum absolute atomic E-state index is 0.0816. The number of halogens is 1. The summed E-state index contributed by atoms with van der Waals surface area (Å²) >= 11 is 3.58. The Kier molecular flexibility index (Phi) is 4.63. The van der Waals surface area contributed by atoms with Crippen LogP contribution in [0.3, 0.4) is 0 Å². The number of hydrogen-bond donors (Lipinski definition) is 2. The summed E-state index contributed by atoms with van der Waals surface area (Å²) in [6.07, 6.45) is 0.946. The van der Waals surface area contributed by atoms with E-state index in [1.165, 1.54) is 5.56 Å². The Labute approximate surface area is 123 Å². The van der Waals surface area contributed by atoms with Gasteiger partial charge in [-0.2, -0.15) is 0 Å². The number of benzene rings is 1. The fraction of sp³-hybridized carbons (Fsp3) is 0.533. The van der Waals surface area contributed by atoms with Crippen LogP contribution in [0.15, 0.2) is 28.7 Å². The number of carbonyl (C=O) groups is 1. The Morgan fingerprint density at radius 1 is 1.47 bits per heavy atom. The predicted molar refractivity (Wildman–Crippen MR) is 81.2 cm³/mol. The van der Waals surface area contributed by atoms with E-state index in [9.17, 15) is 4.79 Å². The molecule has 4 heteroatoms. The van der Waals surface area contributed by atoms with Crippen LogP contribution in [0.25, 0.3) is 0 Å². The molecule has 1 aliphatic rings. The molecular weight excluding hydrogens is 304 g/mol. The summed E-state index contributed by atoms with van der Waals surface area (Å²) in [6, 6.07) is 8.18. The second-order valence-corrected chi connectivity index (χ2v) is 6.63. The maximum absolute atomic E-state index is 12.0. The molecule has 1 aromatic rings. The third-order valence-corrected chi connectivity index (χ3v) is 4.43. The lowest BCUT2D eigenvalue weighted by atomic mass is 9.84. The molecule has 1 fully saturated rings. The van der Waals surface area contributed by atoms with Gasteiger partial charge in [0.25, 0.3) is 0 Å². The van der Waals surface area contributed by atoms with Gasteiger partial charge in [-0.3, -0.25) is 4.79 Å². The van der Waals surface area contributed by atoms with E-state index < -0.39 is 0 Å². The van der Waals surface area contributed by atoms with Gasteiger partial charge in [0, 0.05) is 23.0 Å². The van der Waals surface area contributed by atoms with Crippen LogP contribution in [-0.4, -0.2) is 25.5 Å². The average molecular weight is 325 g/mol. The van der Waals surface area contributed by atoms with Crippen molar-refractivity contribution in [2.75, 3.05) is 19.6 Å². The molecule has 0 bridgehead atoms. The van der Waals surface area contributed by atoms with E-state index in [1.807, 2.05) is 18.2 Å². The largest absolute Gasteiger partial charge is 0.355 e. The molecule has 3 nitrogen and oxygen atoms in total. The fourth-order valence-corrected chi connectivity index (χ4v) is 3.26. The number of rotatable bonds is 4. The quantitative estimate of drug-likeness (QED) is 0.893. The van der Waals surface area contributed by atoms with Crippen LogP contribution in [-0.2, 0) is 10.2 Å². The van der Waals surface area contributed by atoms with Gasteiger partial charge in [0.1, 0.15) is 0 Å². The van der Waals surface area contributed by atoms with Crippen LogP contribution in [0.2, 0.25) is 0 Å². The summed E-state index contributed by atoms with van der Waals surface area (Å²) < 4.78 is 1.09. The van der Waals surface area contributed by atoms with Crippen LogP contribution in [0.1, 0.15) is 25.8 Å². The van der Waals surface area contributed by atoms with E-state index in [0.29, 0.717) is 6.54 Å². The standard InChI is InChI=1S/C15H21BrN2O/c1-15(2,12-5-3-4-6-13(12)16)10-18-14(19)11-7-8-17-9-11/h3-6,11,17H,7-10H2,1-2H3,(H,18,19). The van der Waals surface area contributed by atoms with Gasteiger partial charge in [0.05, 0.1) is 5.92 Å². The number of hydrogen-bond acceptors (Lipinski definition) is 2. The second kappa shape index (κ2) is 6.06. The van der Waals surface area contributed by atoms with Crippen molar-refractivity contribution in [1.82, 2.24) is 10.6 Å². The molecule has 1 heterocycles. The van der Waals surface area contributed by atoms with Gasteiger partial charge in [-0.05, 0) is 24.6 Å². The average Bonchev–Trinajstić information content (AvgIpc) is 2.90. The maximum atomic E-state index is 12.0. The first-order valence-corrected chi connectivity index (χ1v) is 7.53. The van der Waals surface area contributed by atoms with Crippen LogP contribution in [0, 0.1) is 5.92 Å². The monoisotopic (exact) mass is 324 g/mol. The SMILES string of the molecule is CC(C)(CNC(=O)C1CCNC1)c1ccccc1Br. The molecule has 1 amide bonds. The minimum Gasteiger partial charge on any atom is -0.355 e. The van der Waals surface area contributed by atoms with Crippen molar-refractivity contribution in [3.05, 3.63) is 34.3 Å². The number of nitrogens with one attached hydrogen (secondary N) is 2. The summed E-state index contributed by atoms with van der Waals surface area (Å²) in [5.41, 5.74) is 1.14. The highest BCUT2D eigenvalue weighted by atomic mass is 79.9. The third kappa shape index (κ3) is 3.57. The Hall–Kier alpha value is -0.870. The second-order valence-electron chi connectivity index (χ2n) is 5.77. The predicted octanol–water partition coefficient (Wildman–Crippen LogP) is 2.45. The van der Waals surface area contributed by atoms with Crippen LogP contribution >= 0.6 is 15.9 Å². The molecule has 104 valence electrons. The molecular formula is C15H21BrN2O. The van der Waals surface area contributed by atoms with Crippen molar-refractivity contribution in [3.8, 4) is 0 Å². The molecule has 1 aliphatic heterocycles. The molecule has 1 unspecified atom stereocenters. The first-order valence-electron chi connectivity index (χ1n) is 6.74. The molecule has 0 aromatic heterocycles. The number of carbonyl (C=O) groups excluding carboxylic acids is 1. The van der Waals surface area contributed by atoms with Gasteiger partial charge in [-0.1, -0.05) is 48.0 Å². The highest BCUT2D eigenvalue weighted by Gasteiger charge is 2.27. The zero-order valence-corrected chi connectivity index (χ0v) is 13.1. The van der Waals surface area contributed by atoms with E-state index in [-0.39, 0.29) is 17.2 Å². The summed E-state index contributed by atoms with van der Waals surface area (Å²) in [5, 5.41) is 6.31. The highest BCUT2D eigenvalue weighted by Crippen LogP contribution is 2.29. The molecule has 0 spiro atoms. The summed E-state index contributed by atoms with van der Waals surface area (Å²) in [4.78, 5) is 12.0. The minimum atomic E-state index is -0.0816. The molecule has 1 aromatic carbocycles. The molecule has 0 radical (unpaired) electrons. The van der Waals surface area contributed by atoms with Crippen molar-refractivity contribution in [2.24, 2.45) is 5.92 Å². The van der Waals surface area contributed by atoms with Gasteiger partial charge < -0.3 is 10.6 Å². The zero-order chi connectivity index (χ0) is 13.9. The van der Waals surface area contributed by atoms with E-state index in [2.05, 4.69) is 46.5 Å². The fourth-order valence-electron chi connectivity index (χ4n) is 2.44. The molecule has 0 saturated carbocycles. The van der Waals surface area contributed by atoms with Gasteiger partial charge in [-0.15, -0.1) is 0 Å². The molecule has 2 rings (SSSR count). The van der Waals surface area contributed by atoms with Crippen molar-refractivity contribution in [1.29, 1.82) is 0 Å². The molecule has 1 atom stereocenters. The molecule has 0 aliphatic carbocycles. The first-order chi connectivity index (χ1) is 9.00. The summed E-state index contributed by atoms with van der Waals surface area (Å²) in [5.74, 6) is 0.306. The normalized spacial score (nSPS) is 19.4. The van der Waals surface area contributed by atoms with Crippen molar-refractivity contribution < 1.29 is 4.79 Å². The van der Waals surface area contributed by atoms with Crippen molar-refractivity contribution >= 4 is 21.8 Å². The third-order valence-electron chi connectivity index (χ3n) is 3.74. The van der Waals surface area contributed by atoms with Crippen LogP contribution < -0.4 is 10.6 Å². The lowest BCUT2D eigenvalue weighted by Gasteiger charge is -2.27. The maximum Gasteiger partial charge on any atom is 0.224 e. The van der Waals surface area contributed by atoms with Gasteiger partial charge >= 0.3 is 0 Å². The molecule has 2 N–H and O–H groups in total. The molecule has 19 heavy (non-hydrogen) atoms. The summed E-state index contributed by atoms with van der Waals surface area (Å²) in [6.45, 7) is 6.72. The number of amides is 1. The van der Waals surface area contributed by atoms with Crippen LogP contribution in [0.4, 0.5) is 0 Å². The van der Waals surface area contributed by atoms with Crippen molar-refractivity contribution in [3.63, 3.8) is 0 Å². The lowest BCUT2D eigenvalue weighted by Crippen LogP contribution is -2.40. The first kappa shape index (κ1) is 14.5. The van der Waals surface area contributed by atoms with Crippen LogP contribution in [0.5, 0.6) is 0 Å². The van der Waals surface area contributed by atoms with E-state index in [0.717, 1.165) is 24.0 Å². The zero-order valence-electron chi connectivity index (χ0n) is 11.5. The van der Waals surface area contributed by atoms with Gasteiger partial charge in [0.15, 0.2) is 0 Å². The summed E-state index contributed by atoms with van der Waals surface area (Å²) in [7, 11) is 0. The Morgan fingerprint density at radius 3 is 2.84 bits per heavy atom. The smallest absolute Gasteiger partial charge is 0.224 e. The van der Waals surface area contributed by atoms with E-state index in [4.69, 9.17) is 0 Å². The lowest BCUT2D eigenvalue weighted by molar-refractivity contribution is -0.124. The van der Waals surface area contributed by atoms with Crippen molar-refractivity contribution in [2.45, 2.75) is 25.7 Å². The molecule has 1 saturated heterocycles. The van der Waals surface area contributed by atoms with Gasteiger partial charge in [-0.25, -0.2) is 0 Å². The topological polar surface area (TPSA) is 41.1 Å². The Morgan fingerprint density at radius 2 is 2.21 bits per heavy atom. The van der Waals surface area contributed by atoms with Gasteiger partial charge in [0.2, 0.25) is 5.91 Å². The Balaban J connectivity index is 1.97. The van der Waals surface area contributed by atoms with E-state index in [1.54, 1.807) is 0 Å². The van der Waals surface area contributed by atoms with E-state index >= 15 is 0 Å². The Bertz CT molecular complexity index is 453.